The summed E-state index contributed by atoms with van der Waals surface area (Å²) in [5.74, 6) is 0.795. The molecule has 1 aliphatic carbocycles. The van der Waals surface area contributed by atoms with Crippen LogP contribution in [0.4, 0.5) is 0 Å². The molecular weight excluding hydrogens is 344 g/mol. The minimum Gasteiger partial charge on any atom is -0.486 e. The molecule has 114 valence electrons. The molecule has 1 aliphatic rings. The Balaban J connectivity index is 1.87. The van der Waals surface area contributed by atoms with Gasteiger partial charge < -0.3 is 9.47 Å². The molecule has 0 atom stereocenters. The van der Waals surface area contributed by atoms with E-state index in [0.717, 1.165) is 18.4 Å². The predicted molar refractivity (Wildman–Crippen MR) is 89.5 cm³/mol. The van der Waals surface area contributed by atoms with Gasteiger partial charge in [-0.2, -0.15) is 0 Å². The van der Waals surface area contributed by atoms with Gasteiger partial charge in [0.05, 0.1) is 10.6 Å². The van der Waals surface area contributed by atoms with Crippen LogP contribution in [0.5, 0.6) is 11.5 Å². The zero-order valence-electron chi connectivity index (χ0n) is 12.1. The van der Waals surface area contributed by atoms with Crippen LogP contribution in [0.3, 0.4) is 0 Å². The van der Waals surface area contributed by atoms with Gasteiger partial charge in [0.2, 0.25) is 11.2 Å². The normalized spacial score (nSPS) is 14.2. The highest BCUT2D eigenvalue weighted by Crippen LogP contribution is 2.30. The van der Waals surface area contributed by atoms with Gasteiger partial charge in [-0.25, -0.2) is 0 Å². The summed E-state index contributed by atoms with van der Waals surface area (Å²) in [6.07, 6.45) is 3.44. The molecule has 0 spiro atoms. The smallest absolute Gasteiger partial charge is 0.238 e. The Morgan fingerprint density at radius 2 is 1.82 bits per heavy atom. The van der Waals surface area contributed by atoms with E-state index in [1.54, 1.807) is 18.2 Å². The van der Waals surface area contributed by atoms with Crippen molar-refractivity contribution in [3.8, 4) is 11.5 Å². The average molecular weight is 361 g/mol. The van der Waals surface area contributed by atoms with Crippen molar-refractivity contribution >= 4 is 15.9 Å². The van der Waals surface area contributed by atoms with E-state index < -0.39 is 0 Å². The molecule has 1 fully saturated rings. The van der Waals surface area contributed by atoms with E-state index in [-0.39, 0.29) is 17.3 Å². The van der Waals surface area contributed by atoms with Gasteiger partial charge in [0.25, 0.3) is 0 Å². The highest BCUT2D eigenvalue weighted by Gasteiger charge is 2.22. The second-order valence-electron chi connectivity index (χ2n) is 5.34. The molecular formula is C18H17BrO3. The van der Waals surface area contributed by atoms with Crippen LogP contribution in [-0.2, 0) is 6.61 Å². The van der Waals surface area contributed by atoms with Gasteiger partial charge in [-0.1, -0.05) is 36.4 Å². The van der Waals surface area contributed by atoms with Gasteiger partial charge in [-0.15, -0.1) is 0 Å². The van der Waals surface area contributed by atoms with Crippen LogP contribution < -0.4 is 14.9 Å². The molecule has 0 aliphatic heterocycles. The second-order valence-corrected chi connectivity index (χ2v) is 6.20. The summed E-state index contributed by atoms with van der Waals surface area (Å²) < 4.78 is 12.2. The van der Waals surface area contributed by atoms with E-state index in [0.29, 0.717) is 16.8 Å². The van der Waals surface area contributed by atoms with Gasteiger partial charge in [0, 0.05) is 0 Å². The first-order valence-electron chi connectivity index (χ1n) is 7.40. The number of benzene rings is 1. The van der Waals surface area contributed by atoms with E-state index >= 15 is 0 Å². The Kier molecular flexibility index (Phi) is 4.78. The van der Waals surface area contributed by atoms with Crippen LogP contribution in [-0.4, -0.2) is 6.10 Å². The van der Waals surface area contributed by atoms with E-state index in [9.17, 15) is 4.79 Å². The van der Waals surface area contributed by atoms with E-state index in [4.69, 9.17) is 9.47 Å². The van der Waals surface area contributed by atoms with Crippen molar-refractivity contribution in [2.45, 2.75) is 32.0 Å². The standard InChI is InChI=1S/C18H17BrO3/c19-15-10-5-11-16(22-14-8-4-9-14)18(17(15)20)21-12-13-6-2-1-3-7-13/h1-3,5-7,10-11,14H,4,8-9,12H2. The Bertz CT molecular complexity index is 696. The summed E-state index contributed by atoms with van der Waals surface area (Å²) >= 11 is 3.29. The Labute approximate surface area is 138 Å². The zero-order valence-corrected chi connectivity index (χ0v) is 13.7. The molecule has 0 aromatic heterocycles. The molecule has 0 unspecified atom stereocenters. The monoisotopic (exact) mass is 360 g/mol. The maximum absolute atomic E-state index is 12.4. The maximum Gasteiger partial charge on any atom is 0.238 e. The quantitative estimate of drug-likeness (QED) is 0.796. The first-order chi connectivity index (χ1) is 10.7. The van der Waals surface area contributed by atoms with Crippen LogP contribution in [0.25, 0.3) is 0 Å². The highest BCUT2D eigenvalue weighted by molar-refractivity contribution is 9.10. The third-order valence-electron chi connectivity index (χ3n) is 3.71. The summed E-state index contributed by atoms with van der Waals surface area (Å²) in [5.41, 5.74) is 0.828. The predicted octanol–water partition coefficient (Wildman–Crippen LogP) is 4.32. The summed E-state index contributed by atoms with van der Waals surface area (Å²) in [6, 6.07) is 15.1. The lowest BCUT2D eigenvalue weighted by molar-refractivity contribution is 0.114. The fourth-order valence-electron chi connectivity index (χ4n) is 2.22. The molecule has 0 amide bonds. The van der Waals surface area contributed by atoms with Crippen LogP contribution in [0, 0.1) is 0 Å². The fourth-order valence-corrected chi connectivity index (χ4v) is 2.55. The number of rotatable bonds is 5. The number of halogens is 1. The summed E-state index contributed by atoms with van der Waals surface area (Å²) in [5, 5.41) is 0. The topological polar surface area (TPSA) is 35.5 Å². The van der Waals surface area contributed by atoms with Gasteiger partial charge in [-0.05, 0) is 52.9 Å². The van der Waals surface area contributed by atoms with Gasteiger partial charge in [0.1, 0.15) is 6.61 Å². The largest absolute Gasteiger partial charge is 0.486 e. The maximum atomic E-state index is 12.4. The third-order valence-corrected chi connectivity index (χ3v) is 4.33. The summed E-state index contributed by atoms with van der Waals surface area (Å²) in [4.78, 5) is 12.4. The highest BCUT2D eigenvalue weighted by atomic mass is 79.9. The number of hydrogen-bond acceptors (Lipinski definition) is 3. The molecule has 2 aromatic rings. The third kappa shape index (κ3) is 3.50. The molecule has 1 saturated carbocycles. The van der Waals surface area contributed by atoms with Crippen molar-refractivity contribution in [2.24, 2.45) is 0 Å². The second kappa shape index (κ2) is 6.97. The minimum absolute atomic E-state index is 0.185. The number of hydrogen-bond donors (Lipinski definition) is 0. The van der Waals surface area contributed by atoms with Gasteiger partial charge in [-0.3, -0.25) is 4.79 Å². The first kappa shape index (κ1) is 15.1. The van der Waals surface area contributed by atoms with Gasteiger partial charge >= 0.3 is 0 Å². The van der Waals surface area contributed by atoms with E-state index in [1.165, 1.54) is 6.42 Å². The van der Waals surface area contributed by atoms with Crippen LogP contribution in [0.1, 0.15) is 24.8 Å². The van der Waals surface area contributed by atoms with Crippen molar-refractivity contribution in [1.82, 2.24) is 0 Å². The molecule has 2 aromatic carbocycles. The van der Waals surface area contributed by atoms with Gasteiger partial charge in [0.15, 0.2) is 5.75 Å². The zero-order chi connectivity index (χ0) is 15.4. The number of ether oxygens (including phenoxy) is 2. The summed E-state index contributed by atoms with van der Waals surface area (Å²) in [6.45, 7) is 0.341. The molecule has 0 saturated heterocycles. The lowest BCUT2D eigenvalue weighted by Gasteiger charge is -2.26. The molecule has 0 heterocycles. The molecule has 4 heteroatoms. The molecule has 0 bridgehead atoms. The first-order valence-corrected chi connectivity index (χ1v) is 8.19. The summed E-state index contributed by atoms with van der Waals surface area (Å²) in [7, 11) is 0. The van der Waals surface area contributed by atoms with Crippen molar-refractivity contribution in [3.05, 3.63) is 68.8 Å². The van der Waals surface area contributed by atoms with Crippen LogP contribution >= 0.6 is 15.9 Å². The lowest BCUT2D eigenvalue weighted by Crippen LogP contribution is -2.25. The molecule has 3 rings (SSSR count). The minimum atomic E-state index is -0.185. The molecule has 22 heavy (non-hydrogen) atoms. The Morgan fingerprint density at radius 1 is 1.05 bits per heavy atom. The molecule has 3 nitrogen and oxygen atoms in total. The van der Waals surface area contributed by atoms with Crippen LogP contribution in [0.2, 0.25) is 0 Å². The molecule has 0 N–H and O–H groups in total. The lowest BCUT2D eigenvalue weighted by atomic mass is 9.96. The van der Waals surface area contributed by atoms with Crippen LogP contribution in [0.15, 0.2) is 57.8 Å². The molecule has 0 radical (unpaired) electrons. The Morgan fingerprint density at radius 3 is 2.50 bits per heavy atom. The van der Waals surface area contributed by atoms with E-state index in [1.807, 2.05) is 30.3 Å². The SMILES string of the molecule is O=c1c(Br)cccc(OC2CCC2)c1OCc1ccccc1. The van der Waals surface area contributed by atoms with Crippen molar-refractivity contribution in [2.75, 3.05) is 0 Å². The Hall–Kier alpha value is -1.81. The van der Waals surface area contributed by atoms with Crippen molar-refractivity contribution in [1.29, 1.82) is 0 Å². The van der Waals surface area contributed by atoms with Crippen molar-refractivity contribution in [3.63, 3.8) is 0 Å². The van der Waals surface area contributed by atoms with Crippen molar-refractivity contribution < 1.29 is 9.47 Å². The fraction of sp³-hybridized carbons (Fsp3) is 0.278. The average Bonchev–Trinajstić information content (AvgIpc) is 2.62. The van der Waals surface area contributed by atoms with E-state index in [2.05, 4.69) is 15.9 Å².